The lowest BCUT2D eigenvalue weighted by atomic mass is 10.2. The number of aryl methyl sites for hydroxylation is 1. The van der Waals surface area contributed by atoms with Crippen molar-refractivity contribution in [3.05, 3.63) is 29.8 Å². The molecule has 0 saturated heterocycles. The van der Waals surface area contributed by atoms with Crippen molar-refractivity contribution in [1.29, 1.82) is 0 Å². The van der Waals surface area contributed by atoms with E-state index in [1.165, 1.54) is 5.56 Å². The first-order chi connectivity index (χ1) is 5.33. The third kappa shape index (κ3) is 3.63. The predicted octanol–water partition coefficient (Wildman–Crippen LogP) is 2.31. The summed E-state index contributed by atoms with van der Waals surface area (Å²) in [5, 5.41) is 0. The average Bonchev–Trinajstić information content (AvgIpc) is 2.08. The van der Waals surface area contributed by atoms with Crippen LogP contribution in [-0.4, -0.2) is 0 Å². The number of anilines is 1. The van der Waals surface area contributed by atoms with E-state index in [0.29, 0.717) is 0 Å². The second-order valence-corrected chi connectivity index (χ2v) is 2.01. The van der Waals surface area contributed by atoms with Gasteiger partial charge in [-0.25, -0.2) is 0 Å². The smallest absolute Gasteiger partial charge is 0.0487 e. The van der Waals surface area contributed by atoms with Crippen LogP contribution in [0.2, 0.25) is 0 Å². The van der Waals surface area contributed by atoms with E-state index in [2.05, 4.69) is 5.43 Å². The van der Waals surface area contributed by atoms with Gasteiger partial charge in [-0.05, 0) is 24.6 Å². The molecule has 0 aromatic heterocycles. The van der Waals surface area contributed by atoms with Gasteiger partial charge in [0.2, 0.25) is 0 Å². The molecular weight excluding hydrogens is 136 g/mol. The summed E-state index contributed by atoms with van der Waals surface area (Å²) >= 11 is 0. The standard InChI is InChI=1S/C7H10N2.C2H6/c1-6-3-2-4-7(5-6)9-8;1-2/h2-5,9H,8H2,1H3;1-2H3. The highest BCUT2D eigenvalue weighted by Crippen LogP contribution is 2.06. The van der Waals surface area contributed by atoms with Gasteiger partial charge < -0.3 is 5.43 Å². The molecule has 0 saturated carbocycles. The van der Waals surface area contributed by atoms with Crippen molar-refractivity contribution in [2.75, 3.05) is 5.43 Å². The van der Waals surface area contributed by atoms with Crippen molar-refractivity contribution in [3.63, 3.8) is 0 Å². The highest BCUT2D eigenvalue weighted by molar-refractivity contribution is 5.43. The lowest BCUT2D eigenvalue weighted by Gasteiger charge is -1.98. The zero-order valence-corrected chi connectivity index (χ0v) is 7.39. The fourth-order valence-electron chi connectivity index (χ4n) is 0.735. The molecule has 0 fully saturated rings. The number of rotatable bonds is 1. The summed E-state index contributed by atoms with van der Waals surface area (Å²) in [5.74, 6) is 5.17. The first-order valence-electron chi connectivity index (χ1n) is 3.86. The summed E-state index contributed by atoms with van der Waals surface area (Å²) in [7, 11) is 0. The lowest BCUT2D eigenvalue weighted by molar-refractivity contribution is 1.33. The van der Waals surface area contributed by atoms with Crippen molar-refractivity contribution < 1.29 is 0 Å². The molecule has 0 radical (unpaired) electrons. The van der Waals surface area contributed by atoms with Crippen LogP contribution in [0.15, 0.2) is 24.3 Å². The second-order valence-electron chi connectivity index (χ2n) is 2.01. The first kappa shape index (κ1) is 9.98. The fraction of sp³-hybridized carbons (Fsp3) is 0.333. The zero-order valence-electron chi connectivity index (χ0n) is 7.39. The average molecular weight is 152 g/mol. The van der Waals surface area contributed by atoms with Crippen LogP contribution in [0.4, 0.5) is 5.69 Å². The summed E-state index contributed by atoms with van der Waals surface area (Å²) in [6, 6.07) is 7.90. The van der Waals surface area contributed by atoms with Crippen LogP contribution in [0.1, 0.15) is 19.4 Å². The number of nitrogen functional groups attached to an aromatic ring is 1. The molecule has 0 amide bonds. The van der Waals surface area contributed by atoms with Crippen LogP contribution in [0.3, 0.4) is 0 Å². The van der Waals surface area contributed by atoms with Crippen LogP contribution in [0.5, 0.6) is 0 Å². The molecule has 1 rings (SSSR count). The van der Waals surface area contributed by atoms with Crippen LogP contribution >= 0.6 is 0 Å². The number of hydrogen-bond donors (Lipinski definition) is 2. The maximum Gasteiger partial charge on any atom is 0.0487 e. The van der Waals surface area contributed by atoms with Crippen molar-refractivity contribution in [2.24, 2.45) is 5.84 Å². The van der Waals surface area contributed by atoms with Gasteiger partial charge in [0, 0.05) is 5.69 Å². The van der Waals surface area contributed by atoms with Crippen LogP contribution in [-0.2, 0) is 0 Å². The molecule has 3 N–H and O–H groups in total. The van der Waals surface area contributed by atoms with Crippen LogP contribution in [0, 0.1) is 6.92 Å². The zero-order chi connectivity index (χ0) is 8.69. The highest BCUT2D eigenvalue weighted by Gasteiger charge is 1.85. The molecule has 0 atom stereocenters. The number of hydrazine groups is 1. The van der Waals surface area contributed by atoms with Crippen molar-refractivity contribution in [2.45, 2.75) is 20.8 Å². The summed E-state index contributed by atoms with van der Waals surface area (Å²) in [4.78, 5) is 0. The monoisotopic (exact) mass is 152 g/mol. The molecule has 0 unspecified atom stereocenters. The van der Waals surface area contributed by atoms with E-state index in [0.717, 1.165) is 5.69 Å². The molecule has 1 aromatic carbocycles. The molecule has 0 spiro atoms. The van der Waals surface area contributed by atoms with E-state index >= 15 is 0 Å². The van der Waals surface area contributed by atoms with Gasteiger partial charge in [0.25, 0.3) is 0 Å². The largest absolute Gasteiger partial charge is 0.324 e. The molecule has 2 nitrogen and oxygen atoms in total. The minimum atomic E-state index is 0.954. The Morgan fingerprint density at radius 1 is 1.27 bits per heavy atom. The Morgan fingerprint density at radius 2 is 1.91 bits per heavy atom. The molecule has 11 heavy (non-hydrogen) atoms. The third-order valence-corrected chi connectivity index (χ3v) is 1.18. The molecule has 0 aliphatic heterocycles. The van der Waals surface area contributed by atoms with E-state index in [9.17, 15) is 0 Å². The topological polar surface area (TPSA) is 38.0 Å². The molecule has 0 aliphatic carbocycles. The Bertz CT molecular complexity index is 197. The van der Waals surface area contributed by atoms with E-state index in [1.54, 1.807) is 0 Å². The quantitative estimate of drug-likeness (QED) is 0.478. The highest BCUT2D eigenvalue weighted by atomic mass is 15.2. The maximum absolute atomic E-state index is 5.17. The van der Waals surface area contributed by atoms with E-state index in [4.69, 9.17) is 5.84 Å². The molecule has 0 heterocycles. The van der Waals surface area contributed by atoms with E-state index in [1.807, 2.05) is 45.0 Å². The Hall–Kier alpha value is -1.02. The normalized spacial score (nSPS) is 8.00. The predicted molar refractivity (Wildman–Crippen MR) is 50.3 cm³/mol. The molecule has 0 aliphatic rings. The number of nitrogens with one attached hydrogen (secondary N) is 1. The lowest BCUT2D eigenvalue weighted by Crippen LogP contribution is -2.06. The molecule has 62 valence electrons. The fourth-order valence-corrected chi connectivity index (χ4v) is 0.735. The Balaban J connectivity index is 0.000000461. The van der Waals surface area contributed by atoms with Crippen LogP contribution in [0.25, 0.3) is 0 Å². The minimum Gasteiger partial charge on any atom is -0.324 e. The van der Waals surface area contributed by atoms with Gasteiger partial charge in [-0.2, -0.15) is 0 Å². The maximum atomic E-state index is 5.17. The molecule has 2 heteroatoms. The number of nitrogens with two attached hydrogens (primary N) is 1. The summed E-state index contributed by atoms with van der Waals surface area (Å²) in [5.41, 5.74) is 4.73. The first-order valence-corrected chi connectivity index (χ1v) is 3.86. The van der Waals surface area contributed by atoms with Gasteiger partial charge in [-0.3, -0.25) is 5.84 Å². The molecule has 0 bridgehead atoms. The van der Waals surface area contributed by atoms with Gasteiger partial charge in [0.1, 0.15) is 0 Å². The van der Waals surface area contributed by atoms with Crippen molar-refractivity contribution in [3.8, 4) is 0 Å². The summed E-state index contributed by atoms with van der Waals surface area (Å²) in [6.07, 6.45) is 0. The van der Waals surface area contributed by atoms with Crippen molar-refractivity contribution in [1.82, 2.24) is 0 Å². The summed E-state index contributed by atoms with van der Waals surface area (Å²) < 4.78 is 0. The van der Waals surface area contributed by atoms with E-state index in [-0.39, 0.29) is 0 Å². The van der Waals surface area contributed by atoms with Crippen LogP contribution < -0.4 is 11.3 Å². The Morgan fingerprint density at radius 3 is 2.27 bits per heavy atom. The second kappa shape index (κ2) is 5.74. The SMILES string of the molecule is CC.Cc1cccc(NN)c1. The number of hydrogen-bond acceptors (Lipinski definition) is 2. The van der Waals surface area contributed by atoms with Gasteiger partial charge in [0.05, 0.1) is 0 Å². The Kier molecular flexibility index (Phi) is 5.21. The van der Waals surface area contributed by atoms with Crippen molar-refractivity contribution >= 4 is 5.69 Å². The van der Waals surface area contributed by atoms with Gasteiger partial charge in [-0.1, -0.05) is 26.0 Å². The van der Waals surface area contributed by atoms with Gasteiger partial charge in [-0.15, -0.1) is 0 Å². The Labute approximate surface area is 68.4 Å². The molecular formula is C9H16N2. The number of benzene rings is 1. The third-order valence-electron chi connectivity index (χ3n) is 1.18. The summed E-state index contributed by atoms with van der Waals surface area (Å²) in [6.45, 7) is 6.03. The van der Waals surface area contributed by atoms with Gasteiger partial charge >= 0.3 is 0 Å². The molecule has 1 aromatic rings. The minimum absolute atomic E-state index is 0.954. The van der Waals surface area contributed by atoms with E-state index < -0.39 is 0 Å². The van der Waals surface area contributed by atoms with Gasteiger partial charge in [0.15, 0.2) is 0 Å².